The Morgan fingerprint density at radius 3 is 2.60 bits per heavy atom. The van der Waals surface area contributed by atoms with Crippen LogP contribution in [0.2, 0.25) is 0 Å². The van der Waals surface area contributed by atoms with Crippen LogP contribution in [0.4, 0.5) is 0 Å². The molecule has 0 radical (unpaired) electrons. The highest BCUT2D eigenvalue weighted by atomic mass is 14.5. The zero-order valence-corrected chi connectivity index (χ0v) is 6.98. The Morgan fingerprint density at radius 2 is 2.30 bits per heavy atom. The molecular weight excluding hydrogens is 120 g/mol. The fourth-order valence-corrected chi connectivity index (χ4v) is 2.78. The number of hydrogen-bond acceptors (Lipinski definition) is 0. The van der Waals surface area contributed by atoms with Crippen molar-refractivity contribution in [2.75, 3.05) is 0 Å². The van der Waals surface area contributed by atoms with Crippen LogP contribution in [0, 0.1) is 17.3 Å². The van der Waals surface area contributed by atoms with Crippen molar-refractivity contribution in [2.45, 2.75) is 33.1 Å². The first-order chi connectivity index (χ1) is 4.63. The molecule has 2 aliphatic carbocycles. The Kier molecular flexibility index (Phi) is 1.07. The molecule has 2 rings (SSSR count). The molecule has 0 spiro atoms. The predicted molar refractivity (Wildman–Crippen MR) is 43.8 cm³/mol. The average molecular weight is 136 g/mol. The predicted octanol–water partition coefficient (Wildman–Crippen LogP) is 3.00. The van der Waals surface area contributed by atoms with E-state index in [0.29, 0.717) is 5.41 Å². The van der Waals surface area contributed by atoms with Gasteiger partial charge in [0.15, 0.2) is 0 Å². The van der Waals surface area contributed by atoms with Crippen molar-refractivity contribution >= 4 is 0 Å². The lowest BCUT2D eigenvalue weighted by molar-refractivity contribution is 0.266. The van der Waals surface area contributed by atoms with Crippen LogP contribution in [0.5, 0.6) is 0 Å². The zero-order valence-electron chi connectivity index (χ0n) is 6.98. The summed E-state index contributed by atoms with van der Waals surface area (Å²) in [4.78, 5) is 0. The molecule has 2 aliphatic rings. The van der Waals surface area contributed by atoms with Crippen LogP contribution in [0.1, 0.15) is 33.1 Å². The van der Waals surface area contributed by atoms with E-state index >= 15 is 0 Å². The quantitative estimate of drug-likeness (QED) is 0.449. The summed E-state index contributed by atoms with van der Waals surface area (Å²) in [7, 11) is 0. The lowest BCUT2D eigenvalue weighted by atomic mass is 9.76. The van der Waals surface area contributed by atoms with Gasteiger partial charge < -0.3 is 0 Å². The molecule has 0 heteroatoms. The Bertz CT molecular complexity index is 180. The highest BCUT2D eigenvalue weighted by Crippen LogP contribution is 2.59. The summed E-state index contributed by atoms with van der Waals surface area (Å²) < 4.78 is 0. The molecule has 0 aliphatic heterocycles. The SMILES string of the molecule is C=C1C2CCC(C)(C2)C1C. The summed E-state index contributed by atoms with van der Waals surface area (Å²) in [5, 5.41) is 0. The van der Waals surface area contributed by atoms with E-state index < -0.39 is 0 Å². The fourth-order valence-electron chi connectivity index (χ4n) is 2.78. The molecule has 0 aromatic heterocycles. The van der Waals surface area contributed by atoms with Gasteiger partial charge in [0, 0.05) is 0 Å². The number of rotatable bonds is 0. The van der Waals surface area contributed by atoms with Gasteiger partial charge in [0.1, 0.15) is 0 Å². The summed E-state index contributed by atoms with van der Waals surface area (Å²) >= 11 is 0. The molecule has 0 aromatic rings. The summed E-state index contributed by atoms with van der Waals surface area (Å²) in [5.41, 5.74) is 2.18. The first-order valence-electron chi connectivity index (χ1n) is 4.32. The van der Waals surface area contributed by atoms with Gasteiger partial charge >= 0.3 is 0 Å². The topological polar surface area (TPSA) is 0 Å². The third-order valence-electron chi connectivity index (χ3n) is 3.90. The van der Waals surface area contributed by atoms with Crippen molar-refractivity contribution < 1.29 is 0 Å². The van der Waals surface area contributed by atoms with E-state index in [1.54, 1.807) is 0 Å². The number of allylic oxidation sites excluding steroid dienone is 1. The normalized spacial score (nSPS) is 52.4. The van der Waals surface area contributed by atoms with Crippen LogP contribution in [0.25, 0.3) is 0 Å². The smallest absolute Gasteiger partial charge is 0.0177 e. The first-order valence-corrected chi connectivity index (χ1v) is 4.32. The number of hydrogen-bond donors (Lipinski definition) is 0. The molecule has 0 saturated heterocycles. The van der Waals surface area contributed by atoms with E-state index in [1.807, 2.05) is 0 Å². The van der Waals surface area contributed by atoms with Crippen LogP contribution in [-0.2, 0) is 0 Å². The molecule has 2 fully saturated rings. The lowest BCUT2D eigenvalue weighted by Crippen LogP contribution is -2.19. The minimum absolute atomic E-state index is 0.641. The highest BCUT2D eigenvalue weighted by molar-refractivity contribution is 5.20. The molecule has 0 amide bonds. The van der Waals surface area contributed by atoms with Crippen LogP contribution >= 0.6 is 0 Å². The van der Waals surface area contributed by atoms with Gasteiger partial charge in [-0.05, 0) is 36.5 Å². The number of fused-ring (bicyclic) bond motifs is 2. The molecule has 3 unspecified atom stereocenters. The third kappa shape index (κ3) is 0.574. The van der Waals surface area contributed by atoms with Gasteiger partial charge in [0.25, 0.3) is 0 Å². The minimum Gasteiger partial charge on any atom is -0.0993 e. The maximum atomic E-state index is 4.16. The summed E-state index contributed by atoms with van der Waals surface area (Å²) in [6.45, 7) is 8.94. The van der Waals surface area contributed by atoms with Crippen LogP contribution < -0.4 is 0 Å². The largest absolute Gasteiger partial charge is 0.0993 e. The Labute approximate surface area is 63.3 Å². The van der Waals surface area contributed by atoms with Crippen LogP contribution in [0.15, 0.2) is 12.2 Å². The van der Waals surface area contributed by atoms with Gasteiger partial charge in [0.05, 0.1) is 0 Å². The molecule has 0 N–H and O–H groups in total. The van der Waals surface area contributed by atoms with E-state index in [1.165, 1.54) is 24.8 Å². The second-order valence-electron chi connectivity index (χ2n) is 4.39. The Balaban J connectivity index is 2.34. The molecular formula is C10H16. The van der Waals surface area contributed by atoms with E-state index in [0.717, 1.165) is 11.8 Å². The van der Waals surface area contributed by atoms with Gasteiger partial charge in [-0.3, -0.25) is 0 Å². The van der Waals surface area contributed by atoms with E-state index in [2.05, 4.69) is 20.4 Å². The van der Waals surface area contributed by atoms with E-state index in [-0.39, 0.29) is 0 Å². The molecule has 0 heterocycles. The lowest BCUT2D eigenvalue weighted by Gasteiger charge is -2.29. The van der Waals surface area contributed by atoms with Gasteiger partial charge in [-0.25, -0.2) is 0 Å². The molecule has 2 saturated carbocycles. The molecule has 2 bridgehead atoms. The molecule has 56 valence electrons. The third-order valence-corrected chi connectivity index (χ3v) is 3.90. The monoisotopic (exact) mass is 136 g/mol. The summed E-state index contributed by atoms with van der Waals surface area (Å²) in [6, 6.07) is 0. The van der Waals surface area contributed by atoms with Crippen LogP contribution in [0.3, 0.4) is 0 Å². The second-order valence-corrected chi connectivity index (χ2v) is 4.39. The van der Waals surface area contributed by atoms with Crippen molar-refractivity contribution in [3.05, 3.63) is 12.2 Å². The van der Waals surface area contributed by atoms with Gasteiger partial charge in [-0.2, -0.15) is 0 Å². The molecule has 0 aromatic carbocycles. The van der Waals surface area contributed by atoms with Gasteiger partial charge in [-0.15, -0.1) is 0 Å². The fraction of sp³-hybridized carbons (Fsp3) is 0.800. The molecule has 3 atom stereocenters. The van der Waals surface area contributed by atoms with Crippen molar-refractivity contribution in [1.82, 2.24) is 0 Å². The van der Waals surface area contributed by atoms with Crippen molar-refractivity contribution in [3.8, 4) is 0 Å². The zero-order chi connectivity index (χ0) is 7.35. The minimum atomic E-state index is 0.641. The summed E-state index contributed by atoms with van der Waals surface area (Å²) in [6.07, 6.45) is 4.28. The molecule has 0 nitrogen and oxygen atoms in total. The van der Waals surface area contributed by atoms with Gasteiger partial charge in [-0.1, -0.05) is 26.0 Å². The first kappa shape index (κ1) is 6.45. The average Bonchev–Trinajstić information content (AvgIpc) is 2.35. The van der Waals surface area contributed by atoms with Gasteiger partial charge in [0.2, 0.25) is 0 Å². The van der Waals surface area contributed by atoms with E-state index in [9.17, 15) is 0 Å². The van der Waals surface area contributed by atoms with Crippen LogP contribution in [-0.4, -0.2) is 0 Å². The van der Waals surface area contributed by atoms with E-state index in [4.69, 9.17) is 0 Å². The standard InChI is InChI=1S/C10H16/c1-7-8(2)10(3)5-4-9(7)6-10/h8-9H,1,4-6H2,2-3H3. The highest BCUT2D eigenvalue weighted by Gasteiger charge is 2.48. The maximum absolute atomic E-state index is 4.16. The van der Waals surface area contributed by atoms with Crippen molar-refractivity contribution in [1.29, 1.82) is 0 Å². The maximum Gasteiger partial charge on any atom is -0.0177 e. The summed E-state index contributed by atoms with van der Waals surface area (Å²) in [5.74, 6) is 1.69. The van der Waals surface area contributed by atoms with Crippen molar-refractivity contribution in [2.24, 2.45) is 17.3 Å². The Hall–Kier alpha value is -0.260. The second kappa shape index (κ2) is 1.66. The Morgan fingerprint density at radius 1 is 1.60 bits per heavy atom. The van der Waals surface area contributed by atoms with Crippen molar-refractivity contribution in [3.63, 3.8) is 0 Å². The molecule has 10 heavy (non-hydrogen) atoms.